The highest BCUT2D eigenvalue weighted by Crippen LogP contribution is 2.31. The monoisotopic (exact) mass is 703 g/mol. The summed E-state index contributed by atoms with van der Waals surface area (Å²) >= 11 is 12.7. The van der Waals surface area contributed by atoms with E-state index in [1.54, 1.807) is 25.4 Å². The minimum absolute atomic E-state index is 0.0127. The second-order valence-corrected chi connectivity index (χ2v) is 15.8. The summed E-state index contributed by atoms with van der Waals surface area (Å²) in [6.07, 6.45) is 7.27. The average Bonchev–Trinajstić information content (AvgIpc) is 3.03. The number of ether oxygens (including phenoxy) is 1. The lowest BCUT2D eigenvalue weighted by molar-refractivity contribution is -0.119. The Bertz CT molecular complexity index is 1610. The fourth-order valence-electron chi connectivity index (χ4n) is 6.02. The van der Waals surface area contributed by atoms with Gasteiger partial charge in [-0.15, -0.1) is 0 Å². The number of aromatic nitrogens is 3. The largest absolute Gasteiger partial charge is 0.436 e. The number of sulfone groups is 1. The van der Waals surface area contributed by atoms with Gasteiger partial charge < -0.3 is 15.0 Å². The molecule has 14 heteroatoms. The molecule has 4 heterocycles. The number of amides is 1. The molecule has 1 amide bonds. The maximum atomic E-state index is 11.6. The summed E-state index contributed by atoms with van der Waals surface area (Å²) < 4.78 is 29.3. The predicted molar refractivity (Wildman–Crippen MR) is 186 cm³/mol. The number of hydrogen-bond donors (Lipinski definition) is 1. The molecule has 1 atom stereocenters. The molecule has 0 aliphatic carbocycles. The topological polar surface area (TPSA) is 121 Å². The zero-order valence-corrected chi connectivity index (χ0v) is 29.5. The Labute approximate surface area is 287 Å². The van der Waals surface area contributed by atoms with E-state index in [9.17, 15) is 13.2 Å². The van der Waals surface area contributed by atoms with Crippen molar-refractivity contribution in [3.63, 3.8) is 0 Å². The van der Waals surface area contributed by atoms with E-state index in [2.05, 4.69) is 36.9 Å². The van der Waals surface area contributed by atoms with E-state index in [1.165, 1.54) is 6.26 Å². The van der Waals surface area contributed by atoms with Crippen LogP contribution in [0, 0.1) is 5.92 Å². The van der Waals surface area contributed by atoms with Gasteiger partial charge in [0, 0.05) is 80.2 Å². The molecule has 2 aromatic heterocycles. The summed E-state index contributed by atoms with van der Waals surface area (Å²) in [6.45, 7) is 10.1. The van der Waals surface area contributed by atoms with E-state index in [1.807, 2.05) is 24.3 Å². The lowest BCUT2D eigenvalue weighted by Crippen LogP contribution is -2.50. The number of rotatable bonds is 12. The number of piperazine rings is 1. The number of halogens is 2. The van der Waals surface area contributed by atoms with Gasteiger partial charge in [0.1, 0.15) is 9.84 Å². The molecule has 2 saturated heterocycles. The molecule has 0 spiro atoms. The van der Waals surface area contributed by atoms with Gasteiger partial charge in [-0.25, -0.2) is 23.4 Å². The number of carbonyl (C=O) groups excluding carboxylic acids is 1. The number of hydrogen-bond acceptors (Lipinski definition) is 10. The van der Waals surface area contributed by atoms with Crippen LogP contribution in [-0.4, -0.2) is 103 Å². The lowest BCUT2D eigenvalue weighted by atomic mass is 9.96. The number of nitrogens with one attached hydrogen (secondary N) is 1. The van der Waals surface area contributed by atoms with Gasteiger partial charge in [0.15, 0.2) is 5.75 Å². The van der Waals surface area contributed by atoms with Gasteiger partial charge >= 0.3 is 0 Å². The van der Waals surface area contributed by atoms with Crippen LogP contribution in [0.4, 0.5) is 5.95 Å². The zero-order chi connectivity index (χ0) is 33.6. The van der Waals surface area contributed by atoms with Crippen molar-refractivity contribution >= 4 is 44.9 Å². The van der Waals surface area contributed by atoms with Crippen LogP contribution in [0.15, 0.2) is 42.7 Å². The van der Waals surface area contributed by atoms with Gasteiger partial charge in [0.05, 0.1) is 23.8 Å². The first-order valence-corrected chi connectivity index (χ1v) is 18.8. The SMILES string of the molecule is CC(=O)NCC1CCN(Cc2cc(Oc3cnc(N4CCN(C(C)CCS(C)(=O)=O)CC4)nc3)nc(-c3cc(Cl)cc(Cl)c3)c2)CC1. The number of piperidine rings is 1. The van der Waals surface area contributed by atoms with E-state index in [-0.39, 0.29) is 17.7 Å². The minimum atomic E-state index is -2.97. The van der Waals surface area contributed by atoms with Crippen molar-refractivity contribution in [1.82, 2.24) is 30.1 Å². The molecule has 1 unspecified atom stereocenters. The van der Waals surface area contributed by atoms with Crippen molar-refractivity contribution in [2.24, 2.45) is 5.92 Å². The lowest BCUT2D eigenvalue weighted by Gasteiger charge is -2.38. The van der Waals surface area contributed by atoms with E-state index >= 15 is 0 Å². The van der Waals surface area contributed by atoms with Crippen molar-refractivity contribution in [2.75, 3.05) is 62.7 Å². The third-order valence-corrected chi connectivity index (χ3v) is 10.2. The molecule has 47 heavy (non-hydrogen) atoms. The summed E-state index contributed by atoms with van der Waals surface area (Å²) in [7, 11) is -2.97. The van der Waals surface area contributed by atoms with Crippen LogP contribution < -0.4 is 15.0 Å². The Kier molecular flexibility index (Phi) is 11.9. The van der Waals surface area contributed by atoms with E-state index in [0.717, 1.165) is 76.3 Å². The first-order chi connectivity index (χ1) is 22.4. The maximum absolute atomic E-state index is 11.6. The zero-order valence-electron chi connectivity index (χ0n) is 27.2. The normalized spacial score (nSPS) is 17.4. The Morgan fingerprint density at radius 2 is 1.66 bits per heavy atom. The van der Waals surface area contributed by atoms with Gasteiger partial charge in [0.2, 0.25) is 17.7 Å². The Balaban J connectivity index is 1.25. The second kappa shape index (κ2) is 15.9. The number of pyridine rings is 1. The molecule has 2 aliphatic heterocycles. The molecule has 1 aromatic carbocycles. The predicted octanol–water partition coefficient (Wildman–Crippen LogP) is 4.93. The van der Waals surface area contributed by atoms with Crippen molar-refractivity contribution in [3.8, 4) is 22.9 Å². The van der Waals surface area contributed by atoms with E-state index < -0.39 is 9.84 Å². The van der Waals surface area contributed by atoms with Gasteiger partial charge in [-0.05, 0) is 75.0 Å². The highest BCUT2D eigenvalue weighted by atomic mass is 35.5. The molecule has 2 aliphatic rings. The molecule has 0 bridgehead atoms. The standard InChI is InChI=1S/C33H43Cl2N7O4S/c1-23(6-13-47(3,44)45)41-9-11-42(12-10-41)33-37-20-30(21-38-33)46-32-15-26(14-31(39-32)27-16-28(34)18-29(35)17-27)22-40-7-4-25(5-8-40)19-36-24(2)43/h14-18,20-21,23,25H,4-13,19,22H2,1-3H3,(H,36,43). The van der Waals surface area contributed by atoms with Crippen molar-refractivity contribution in [1.29, 1.82) is 0 Å². The van der Waals surface area contributed by atoms with E-state index in [0.29, 0.717) is 45.7 Å². The van der Waals surface area contributed by atoms with Crippen LogP contribution in [0.1, 0.15) is 38.7 Å². The Morgan fingerprint density at radius 1 is 1.00 bits per heavy atom. The van der Waals surface area contributed by atoms with Gasteiger partial charge in [-0.1, -0.05) is 23.2 Å². The van der Waals surface area contributed by atoms with Crippen LogP contribution in [0.25, 0.3) is 11.3 Å². The number of likely N-dealkylation sites (tertiary alicyclic amines) is 1. The molecule has 3 aromatic rings. The summed E-state index contributed by atoms with van der Waals surface area (Å²) in [5, 5.41) is 3.99. The third kappa shape index (κ3) is 10.7. The summed E-state index contributed by atoms with van der Waals surface area (Å²) in [5.41, 5.74) is 2.53. The number of anilines is 1. The fourth-order valence-corrected chi connectivity index (χ4v) is 7.32. The smallest absolute Gasteiger partial charge is 0.225 e. The maximum Gasteiger partial charge on any atom is 0.225 e. The number of nitrogens with zero attached hydrogens (tertiary/aromatic N) is 6. The summed E-state index contributed by atoms with van der Waals surface area (Å²) in [4.78, 5) is 32.1. The quantitative estimate of drug-likeness (QED) is 0.278. The molecule has 5 rings (SSSR count). The average molecular weight is 705 g/mol. The highest BCUT2D eigenvalue weighted by Gasteiger charge is 2.24. The van der Waals surface area contributed by atoms with Gasteiger partial charge in [0.25, 0.3) is 0 Å². The van der Waals surface area contributed by atoms with Crippen LogP contribution in [0.3, 0.4) is 0 Å². The second-order valence-electron chi connectivity index (χ2n) is 12.6. The molecular formula is C33H43Cl2N7O4S. The Morgan fingerprint density at radius 3 is 2.28 bits per heavy atom. The van der Waals surface area contributed by atoms with Crippen molar-refractivity contribution in [3.05, 3.63) is 58.3 Å². The van der Waals surface area contributed by atoms with Crippen LogP contribution in [-0.2, 0) is 21.2 Å². The Hall–Kier alpha value is -3.03. The van der Waals surface area contributed by atoms with Crippen molar-refractivity contribution in [2.45, 2.75) is 45.7 Å². The molecular weight excluding hydrogens is 661 g/mol. The third-order valence-electron chi connectivity index (χ3n) is 8.74. The van der Waals surface area contributed by atoms with Crippen molar-refractivity contribution < 1.29 is 17.9 Å². The number of carbonyl (C=O) groups is 1. The summed E-state index contributed by atoms with van der Waals surface area (Å²) in [6, 6.07) is 9.54. The molecule has 254 valence electrons. The molecule has 0 saturated carbocycles. The van der Waals surface area contributed by atoms with Crippen LogP contribution >= 0.6 is 23.2 Å². The first kappa shape index (κ1) is 35.3. The molecule has 2 fully saturated rings. The minimum Gasteiger partial charge on any atom is -0.436 e. The van der Waals surface area contributed by atoms with Gasteiger partial charge in [-0.3, -0.25) is 14.6 Å². The van der Waals surface area contributed by atoms with Crippen LogP contribution in [0.2, 0.25) is 10.0 Å². The molecule has 0 radical (unpaired) electrons. The van der Waals surface area contributed by atoms with Crippen LogP contribution in [0.5, 0.6) is 11.6 Å². The molecule has 11 nitrogen and oxygen atoms in total. The first-order valence-electron chi connectivity index (χ1n) is 16.0. The fraction of sp³-hybridized carbons (Fsp3) is 0.515. The number of benzene rings is 1. The summed E-state index contributed by atoms with van der Waals surface area (Å²) in [5.74, 6) is 2.21. The van der Waals surface area contributed by atoms with Gasteiger partial charge in [-0.2, -0.15) is 0 Å². The molecule has 1 N–H and O–H groups in total. The highest BCUT2D eigenvalue weighted by molar-refractivity contribution is 7.90. The van der Waals surface area contributed by atoms with E-state index in [4.69, 9.17) is 32.9 Å².